The highest BCUT2D eigenvalue weighted by molar-refractivity contribution is 7.99. The number of hydrogen-bond acceptors (Lipinski definition) is 5. The zero-order chi connectivity index (χ0) is 16.9. The van der Waals surface area contributed by atoms with Gasteiger partial charge in [-0.15, -0.1) is 10.2 Å². The zero-order valence-corrected chi connectivity index (χ0v) is 13.0. The molecule has 1 aromatic carbocycles. The summed E-state index contributed by atoms with van der Waals surface area (Å²) in [5.41, 5.74) is 0.795. The lowest BCUT2D eigenvalue weighted by atomic mass is 10.3. The molecule has 0 unspecified atom stereocenters. The average Bonchev–Trinajstić information content (AvgIpc) is 3.14. The molecule has 0 aliphatic heterocycles. The largest absolute Gasteiger partial charge is 0.468 e. The molecule has 3 heterocycles. The lowest BCUT2D eigenvalue weighted by Gasteiger charge is -2.09. The molecule has 9 heteroatoms. The molecule has 0 radical (unpaired) electrons. The van der Waals surface area contributed by atoms with Gasteiger partial charge in [-0.2, -0.15) is 13.2 Å². The predicted octanol–water partition coefficient (Wildman–Crippen LogP) is 4.35. The Morgan fingerprint density at radius 2 is 1.92 bits per heavy atom. The third-order valence-corrected chi connectivity index (χ3v) is 4.58. The van der Waals surface area contributed by atoms with Crippen LogP contribution in [-0.2, 0) is 6.18 Å². The fraction of sp³-hybridized carbons (Fsp3) is 0.133. The first kappa shape index (κ1) is 15.0. The van der Waals surface area contributed by atoms with E-state index in [0.29, 0.717) is 21.8 Å². The minimum Gasteiger partial charge on any atom is -0.468 e. The number of hydrogen-bond donors (Lipinski definition) is 0. The van der Waals surface area contributed by atoms with Gasteiger partial charge in [0.15, 0.2) is 5.65 Å². The maximum absolute atomic E-state index is 13.3. The van der Waals surface area contributed by atoms with Crippen LogP contribution in [0.1, 0.15) is 11.6 Å². The van der Waals surface area contributed by atoms with E-state index in [-0.39, 0.29) is 5.65 Å². The smallest absolute Gasteiger partial charge is 0.452 e. The van der Waals surface area contributed by atoms with E-state index in [1.54, 1.807) is 37.3 Å². The number of nitrogens with zero attached hydrogens (tertiary/aromatic N) is 4. The van der Waals surface area contributed by atoms with E-state index in [0.717, 1.165) is 9.30 Å². The second kappa shape index (κ2) is 5.23. The highest BCUT2D eigenvalue weighted by Gasteiger charge is 2.38. The second-order valence-electron chi connectivity index (χ2n) is 5.03. The van der Waals surface area contributed by atoms with Crippen LogP contribution in [0.4, 0.5) is 13.2 Å². The Hall–Kier alpha value is -2.55. The Labute approximate surface area is 137 Å². The molecule has 4 rings (SSSR count). The number of fused-ring (bicyclic) bond motifs is 3. The second-order valence-corrected chi connectivity index (χ2v) is 6.06. The van der Waals surface area contributed by atoms with Gasteiger partial charge in [0.05, 0.1) is 22.2 Å². The number of halogens is 3. The van der Waals surface area contributed by atoms with Gasteiger partial charge in [-0.05, 0) is 25.1 Å². The number of rotatable bonds is 2. The molecule has 0 saturated heterocycles. The van der Waals surface area contributed by atoms with Crippen LogP contribution in [0.5, 0.6) is 0 Å². The van der Waals surface area contributed by atoms with Crippen LogP contribution in [0.2, 0.25) is 0 Å². The molecule has 0 spiro atoms. The first-order chi connectivity index (χ1) is 11.4. The van der Waals surface area contributed by atoms with Crippen molar-refractivity contribution < 1.29 is 17.6 Å². The molecule has 0 aliphatic carbocycles. The van der Waals surface area contributed by atoms with Crippen molar-refractivity contribution in [3.05, 3.63) is 48.2 Å². The number of benzene rings is 1. The zero-order valence-electron chi connectivity index (χ0n) is 12.2. The summed E-state index contributed by atoms with van der Waals surface area (Å²) in [4.78, 5) is 5.21. The van der Waals surface area contributed by atoms with E-state index in [2.05, 4.69) is 15.2 Å². The van der Waals surface area contributed by atoms with Crippen molar-refractivity contribution in [3.8, 4) is 0 Å². The number of para-hydroxylation sites is 2. The number of aromatic nitrogens is 4. The van der Waals surface area contributed by atoms with Crippen molar-refractivity contribution in [3.63, 3.8) is 0 Å². The van der Waals surface area contributed by atoms with E-state index in [9.17, 15) is 13.2 Å². The SMILES string of the molecule is Cc1occc1Sc1nc2ccccc2n2c(C(F)(F)F)nnc12. The quantitative estimate of drug-likeness (QED) is 0.538. The van der Waals surface area contributed by atoms with Crippen LogP contribution in [0, 0.1) is 6.92 Å². The lowest BCUT2D eigenvalue weighted by molar-refractivity contribution is -0.145. The van der Waals surface area contributed by atoms with Crippen molar-refractivity contribution in [2.75, 3.05) is 0 Å². The van der Waals surface area contributed by atoms with Gasteiger partial charge in [0.25, 0.3) is 0 Å². The van der Waals surface area contributed by atoms with E-state index in [1.165, 1.54) is 18.0 Å². The fourth-order valence-electron chi connectivity index (χ4n) is 2.39. The van der Waals surface area contributed by atoms with E-state index in [1.807, 2.05) is 0 Å². The average molecular weight is 350 g/mol. The van der Waals surface area contributed by atoms with Crippen molar-refractivity contribution in [2.45, 2.75) is 23.0 Å². The van der Waals surface area contributed by atoms with E-state index in [4.69, 9.17) is 4.42 Å². The Morgan fingerprint density at radius 1 is 1.12 bits per heavy atom. The van der Waals surface area contributed by atoms with Gasteiger partial charge in [-0.3, -0.25) is 4.40 Å². The Bertz CT molecular complexity index is 1050. The molecule has 0 saturated carbocycles. The molecule has 0 amide bonds. The van der Waals surface area contributed by atoms with Crippen molar-refractivity contribution in [2.24, 2.45) is 0 Å². The normalized spacial score (nSPS) is 12.3. The van der Waals surface area contributed by atoms with Gasteiger partial charge in [-0.25, -0.2) is 4.98 Å². The van der Waals surface area contributed by atoms with Gasteiger partial charge in [0.1, 0.15) is 10.8 Å². The Balaban J connectivity index is 2.03. The van der Waals surface area contributed by atoms with Crippen LogP contribution in [0.25, 0.3) is 16.7 Å². The number of aryl methyl sites for hydroxylation is 1. The predicted molar refractivity (Wildman–Crippen MR) is 80.9 cm³/mol. The molecule has 4 aromatic rings. The molecule has 122 valence electrons. The van der Waals surface area contributed by atoms with Gasteiger partial charge in [0, 0.05) is 0 Å². The van der Waals surface area contributed by atoms with E-state index < -0.39 is 12.0 Å². The van der Waals surface area contributed by atoms with Gasteiger partial charge < -0.3 is 4.42 Å². The third-order valence-electron chi connectivity index (χ3n) is 3.47. The summed E-state index contributed by atoms with van der Waals surface area (Å²) < 4.78 is 46.1. The van der Waals surface area contributed by atoms with E-state index >= 15 is 0 Å². The summed E-state index contributed by atoms with van der Waals surface area (Å²) in [7, 11) is 0. The molecular formula is C15H9F3N4OS. The summed E-state index contributed by atoms with van der Waals surface area (Å²) in [6, 6.07) is 8.31. The van der Waals surface area contributed by atoms with Crippen molar-refractivity contribution in [1.82, 2.24) is 19.6 Å². The minimum absolute atomic E-state index is 0.0617. The number of alkyl halides is 3. The minimum atomic E-state index is -4.61. The molecule has 0 bridgehead atoms. The summed E-state index contributed by atoms with van der Waals surface area (Å²) in [5.74, 6) is -0.412. The van der Waals surface area contributed by atoms with Gasteiger partial charge in [-0.1, -0.05) is 23.9 Å². The van der Waals surface area contributed by atoms with Crippen LogP contribution >= 0.6 is 11.8 Å². The monoisotopic (exact) mass is 350 g/mol. The lowest BCUT2D eigenvalue weighted by Crippen LogP contribution is -2.11. The maximum Gasteiger partial charge on any atom is 0.452 e. The maximum atomic E-state index is 13.3. The first-order valence-electron chi connectivity index (χ1n) is 6.88. The molecule has 0 atom stereocenters. The van der Waals surface area contributed by atoms with Crippen LogP contribution in [-0.4, -0.2) is 19.6 Å². The van der Waals surface area contributed by atoms with Crippen molar-refractivity contribution in [1.29, 1.82) is 0 Å². The van der Waals surface area contributed by atoms with Gasteiger partial charge >= 0.3 is 6.18 Å². The Kier molecular flexibility index (Phi) is 3.27. The van der Waals surface area contributed by atoms with Crippen molar-refractivity contribution >= 4 is 28.4 Å². The molecular weight excluding hydrogens is 341 g/mol. The van der Waals surface area contributed by atoms with Crippen LogP contribution in [0.15, 0.2) is 50.9 Å². The number of furan rings is 1. The summed E-state index contributed by atoms with van der Waals surface area (Å²) in [6.45, 7) is 1.77. The summed E-state index contributed by atoms with van der Waals surface area (Å²) >= 11 is 1.19. The van der Waals surface area contributed by atoms with Gasteiger partial charge in [0.2, 0.25) is 5.82 Å². The third kappa shape index (κ3) is 2.32. The summed E-state index contributed by atoms with van der Waals surface area (Å²) in [6.07, 6.45) is -3.10. The molecule has 5 nitrogen and oxygen atoms in total. The fourth-order valence-corrected chi connectivity index (χ4v) is 3.28. The molecule has 0 N–H and O–H groups in total. The topological polar surface area (TPSA) is 56.2 Å². The molecule has 0 fully saturated rings. The molecule has 3 aromatic heterocycles. The molecule has 24 heavy (non-hydrogen) atoms. The standard InChI is InChI=1S/C15H9F3N4OS/c1-8-11(6-7-23-8)24-13-12-20-21-14(15(16,17)18)22(12)10-5-3-2-4-9(10)19-13/h2-7H,1H3. The highest BCUT2D eigenvalue weighted by atomic mass is 32.2. The Morgan fingerprint density at radius 3 is 2.62 bits per heavy atom. The first-order valence-corrected chi connectivity index (χ1v) is 7.70. The molecule has 0 aliphatic rings. The van der Waals surface area contributed by atoms with Crippen LogP contribution < -0.4 is 0 Å². The van der Waals surface area contributed by atoms with Crippen LogP contribution in [0.3, 0.4) is 0 Å². The summed E-state index contributed by atoms with van der Waals surface area (Å²) in [5, 5.41) is 7.40. The highest BCUT2D eigenvalue weighted by Crippen LogP contribution is 2.36.